The van der Waals surface area contributed by atoms with E-state index in [-0.39, 0.29) is 30.3 Å². The highest BCUT2D eigenvalue weighted by Gasteiger charge is 2.41. The lowest BCUT2D eigenvalue weighted by molar-refractivity contribution is -0.137. The molecule has 0 bridgehead atoms. The van der Waals surface area contributed by atoms with E-state index in [2.05, 4.69) is 10.2 Å². The van der Waals surface area contributed by atoms with E-state index in [1.165, 1.54) is 0 Å². The Morgan fingerprint density at radius 1 is 0.974 bits per heavy atom. The third kappa shape index (κ3) is 8.05. The van der Waals surface area contributed by atoms with Crippen LogP contribution in [0.5, 0.6) is 5.75 Å². The van der Waals surface area contributed by atoms with Crippen LogP contribution in [0.1, 0.15) is 75.3 Å². The van der Waals surface area contributed by atoms with Gasteiger partial charge in [-0.15, -0.1) is 0 Å². The first-order valence-corrected chi connectivity index (χ1v) is 14.4. The smallest absolute Gasteiger partial charge is 0.407 e. The Hall–Kier alpha value is -2.90. The molecule has 39 heavy (non-hydrogen) atoms. The molecule has 212 valence electrons. The number of ether oxygens (including phenoxy) is 2. The third-order valence-corrected chi connectivity index (χ3v) is 8.44. The van der Waals surface area contributed by atoms with Crippen LogP contribution in [-0.2, 0) is 21.7 Å². The Bertz CT molecular complexity index is 1080. The second kappa shape index (κ2) is 13.4. The van der Waals surface area contributed by atoms with E-state index in [1.54, 1.807) is 6.07 Å². The number of alkyl carbamates (subject to hydrolysis) is 1. The Labute approximate surface area is 232 Å². The zero-order chi connectivity index (χ0) is 27.7. The maximum atomic E-state index is 13.2. The Morgan fingerprint density at radius 3 is 2.46 bits per heavy atom. The molecule has 7 heteroatoms. The standard InChI is InChI=1S/C32H44N2O5/c1-34(2)22-27-14-7-10-19-32(27,37)26-15-11-16-28(20-26)39-29(35)21-31(17-8-4-9-18-31)24-33-30(36)38-23-25-12-5-3-6-13-25/h3,5-6,11-13,15-16,20,27,37H,4,7-10,14,17-19,21-24H2,1-2H3,(H,33,36)/t27-,32+/m1/s1. The molecule has 2 saturated carbocycles. The first-order chi connectivity index (χ1) is 18.8. The largest absolute Gasteiger partial charge is 0.445 e. The van der Waals surface area contributed by atoms with Gasteiger partial charge in [-0.25, -0.2) is 4.79 Å². The van der Waals surface area contributed by atoms with Crippen molar-refractivity contribution in [2.45, 2.75) is 76.4 Å². The summed E-state index contributed by atoms with van der Waals surface area (Å²) in [7, 11) is 4.07. The molecule has 2 aromatic rings. The molecule has 7 nitrogen and oxygen atoms in total. The van der Waals surface area contributed by atoms with Crippen LogP contribution in [0.4, 0.5) is 4.79 Å². The molecule has 2 aromatic carbocycles. The number of esters is 1. The van der Waals surface area contributed by atoms with E-state index in [1.807, 2.05) is 62.6 Å². The van der Waals surface area contributed by atoms with E-state index in [0.29, 0.717) is 18.7 Å². The molecule has 1 amide bonds. The lowest BCUT2D eigenvalue weighted by atomic mass is 9.71. The third-order valence-electron chi connectivity index (χ3n) is 8.44. The van der Waals surface area contributed by atoms with E-state index in [9.17, 15) is 14.7 Å². The molecule has 0 saturated heterocycles. The number of hydrogen-bond acceptors (Lipinski definition) is 6. The lowest BCUT2D eigenvalue weighted by Crippen LogP contribution is -2.43. The fraction of sp³-hybridized carbons (Fsp3) is 0.562. The maximum Gasteiger partial charge on any atom is 0.407 e. The summed E-state index contributed by atoms with van der Waals surface area (Å²) in [6.07, 6.45) is 8.40. The van der Waals surface area contributed by atoms with Crippen molar-refractivity contribution >= 4 is 12.1 Å². The molecule has 0 spiro atoms. The van der Waals surface area contributed by atoms with Crippen LogP contribution >= 0.6 is 0 Å². The molecule has 2 N–H and O–H groups in total. The molecule has 0 aliphatic heterocycles. The van der Waals surface area contributed by atoms with Gasteiger partial charge in [0.2, 0.25) is 0 Å². The first-order valence-electron chi connectivity index (χ1n) is 14.4. The van der Waals surface area contributed by atoms with Crippen molar-refractivity contribution < 1.29 is 24.2 Å². The van der Waals surface area contributed by atoms with Crippen molar-refractivity contribution in [2.75, 3.05) is 27.2 Å². The highest BCUT2D eigenvalue weighted by Crippen LogP contribution is 2.43. The number of rotatable bonds is 10. The van der Waals surface area contributed by atoms with Crippen molar-refractivity contribution in [3.05, 3.63) is 65.7 Å². The quantitative estimate of drug-likeness (QED) is 0.295. The molecule has 0 unspecified atom stereocenters. The number of hydrogen-bond donors (Lipinski definition) is 2. The van der Waals surface area contributed by atoms with Gasteiger partial charge in [0.05, 0.1) is 12.0 Å². The molecule has 0 heterocycles. The molecular weight excluding hydrogens is 492 g/mol. The Kier molecular flexibility index (Phi) is 10.0. The summed E-state index contributed by atoms with van der Waals surface area (Å²) in [4.78, 5) is 27.7. The van der Waals surface area contributed by atoms with Gasteiger partial charge in [-0.3, -0.25) is 4.79 Å². The number of nitrogens with one attached hydrogen (secondary N) is 1. The second-order valence-corrected chi connectivity index (χ2v) is 11.8. The summed E-state index contributed by atoms with van der Waals surface area (Å²) in [5, 5.41) is 14.6. The minimum atomic E-state index is -0.931. The van der Waals surface area contributed by atoms with Gasteiger partial charge in [0.15, 0.2) is 0 Å². The topological polar surface area (TPSA) is 88.1 Å². The van der Waals surface area contributed by atoms with Crippen molar-refractivity contribution in [3.8, 4) is 5.75 Å². The first kappa shape index (κ1) is 29.1. The van der Waals surface area contributed by atoms with Crippen LogP contribution in [0.25, 0.3) is 0 Å². The number of aliphatic hydroxyl groups is 1. The normalized spacial score (nSPS) is 22.7. The van der Waals surface area contributed by atoms with Crippen LogP contribution < -0.4 is 10.1 Å². The minimum Gasteiger partial charge on any atom is -0.445 e. The molecule has 2 fully saturated rings. The van der Waals surface area contributed by atoms with E-state index < -0.39 is 11.7 Å². The summed E-state index contributed by atoms with van der Waals surface area (Å²) < 4.78 is 11.2. The summed E-state index contributed by atoms with van der Waals surface area (Å²) in [6.45, 7) is 1.39. The van der Waals surface area contributed by atoms with E-state index >= 15 is 0 Å². The summed E-state index contributed by atoms with van der Waals surface area (Å²) in [5.41, 5.74) is 0.461. The number of nitrogens with zero attached hydrogens (tertiary/aromatic N) is 1. The molecule has 2 aliphatic carbocycles. The monoisotopic (exact) mass is 536 g/mol. The second-order valence-electron chi connectivity index (χ2n) is 11.8. The number of benzene rings is 2. The van der Waals surface area contributed by atoms with Gasteiger partial charge in [0, 0.05) is 19.0 Å². The maximum absolute atomic E-state index is 13.2. The van der Waals surface area contributed by atoms with Gasteiger partial charge >= 0.3 is 12.1 Å². The van der Waals surface area contributed by atoms with Gasteiger partial charge in [-0.2, -0.15) is 0 Å². The fourth-order valence-electron chi connectivity index (χ4n) is 6.35. The van der Waals surface area contributed by atoms with Gasteiger partial charge in [-0.05, 0) is 68.5 Å². The van der Waals surface area contributed by atoms with Crippen LogP contribution in [0, 0.1) is 11.3 Å². The van der Waals surface area contributed by atoms with Gasteiger partial charge in [-0.1, -0.05) is 74.6 Å². The van der Waals surface area contributed by atoms with Crippen LogP contribution in [-0.4, -0.2) is 49.3 Å². The predicted molar refractivity (Wildman–Crippen MR) is 151 cm³/mol. The van der Waals surface area contributed by atoms with Crippen LogP contribution in [0.15, 0.2) is 54.6 Å². The van der Waals surface area contributed by atoms with Crippen molar-refractivity contribution in [3.63, 3.8) is 0 Å². The predicted octanol–water partition coefficient (Wildman–Crippen LogP) is 5.80. The molecule has 0 radical (unpaired) electrons. The Balaban J connectivity index is 1.37. The summed E-state index contributed by atoms with van der Waals surface area (Å²) in [5.74, 6) is 0.278. The van der Waals surface area contributed by atoms with Crippen molar-refractivity contribution in [1.29, 1.82) is 0 Å². The molecular formula is C32H44N2O5. The zero-order valence-corrected chi connectivity index (χ0v) is 23.5. The van der Waals surface area contributed by atoms with Crippen molar-refractivity contribution in [2.24, 2.45) is 11.3 Å². The number of amides is 1. The SMILES string of the molecule is CN(C)C[C@H]1CCCC[C@]1(O)c1cccc(OC(=O)CC2(CNC(=O)OCc3ccccc3)CCCCC2)c1. The highest BCUT2D eigenvalue weighted by molar-refractivity contribution is 5.73. The Morgan fingerprint density at radius 2 is 1.72 bits per heavy atom. The van der Waals surface area contributed by atoms with Gasteiger partial charge in [0.25, 0.3) is 0 Å². The highest BCUT2D eigenvalue weighted by atomic mass is 16.5. The van der Waals surface area contributed by atoms with Crippen molar-refractivity contribution in [1.82, 2.24) is 10.2 Å². The molecule has 2 atom stereocenters. The van der Waals surface area contributed by atoms with Gasteiger partial charge in [0.1, 0.15) is 12.4 Å². The van der Waals surface area contributed by atoms with E-state index in [0.717, 1.165) is 69.0 Å². The molecule has 4 rings (SSSR count). The molecule has 2 aliphatic rings. The fourth-order valence-corrected chi connectivity index (χ4v) is 6.35. The minimum absolute atomic E-state index is 0.130. The number of carbonyl (C=O) groups excluding carboxylic acids is 2. The van der Waals surface area contributed by atoms with Crippen LogP contribution in [0.2, 0.25) is 0 Å². The van der Waals surface area contributed by atoms with E-state index in [4.69, 9.17) is 9.47 Å². The summed E-state index contributed by atoms with van der Waals surface area (Å²) >= 11 is 0. The average molecular weight is 537 g/mol. The molecule has 0 aromatic heterocycles. The van der Waals surface area contributed by atoms with Gasteiger partial charge < -0.3 is 24.8 Å². The summed E-state index contributed by atoms with van der Waals surface area (Å²) in [6, 6.07) is 17.0. The van der Waals surface area contributed by atoms with Crippen LogP contribution in [0.3, 0.4) is 0 Å². The average Bonchev–Trinajstić information content (AvgIpc) is 2.93. The number of carbonyl (C=O) groups is 2. The lowest BCUT2D eigenvalue weighted by Gasteiger charge is -2.41. The zero-order valence-electron chi connectivity index (χ0n) is 23.5.